The molecule has 8 heteroatoms. The second kappa shape index (κ2) is 9.02. The van der Waals surface area contributed by atoms with Gasteiger partial charge in [0.15, 0.2) is 0 Å². The number of ether oxygens (including phenoxy) is 1. The van der Waals surface area contributed by atoms with E-state index in [2.05, 4.69) is 10.6 Å². The van der Waals surface area contributed by atoms with Crippen LogP contribution in [0.5, 0.6) is 0 Å². The van der Waals surface area contributed by atoms with Crippen LogP contribution in [-0.4, -0.2) is 24.4 Å². The van der Waals surface area contributed by atoms with E-state index in [1.165, 1.54) is 11.3 Å². The van der Waals surface area contributed by atoms with Crippen molar-refractivity contribution in [1.82, 2.24) is 0 Å². The number of hydrogen-bond donors (Lipinski definition) is 2. The van der Waals surface area contributed by atoms with E-state index in [1.807, 2.05) is 25.1 Å². The number of esters is 1. The number of anilines is 2. The quantitative estimate of drug-likeness (QED) is 0.535. The zero-order valence-electron chi connectivity index (χ0n) is 16.2. The van der Waals surface area contributed by atoms with Gasteiger partial charge in [-0.05, 0) is 55.5 Å². The number of nitrogens with one attached hydrogen (secondary N) is 2. The van der Waals surface area contributed by atoms with Gasteiger partial charge in [-0.25, -0.2) is 4.79 Å². The summed E-state index contributed by atoms with van der Waals surface area (Å²) >= 11 is 2.35. The lowest BCUT2D eigenvalue weighted by atomic mass is 10.1. The Labute approximate surface area is 176 Å². The number of benzene rings is 1. The smallest absolute Gasteiger partial charge is 0.341 e. The summed E-state index contributed by atoms with van der Waals surface area (Å²) in [6.45, 7) is 5.50. The molecule has 150 valence electrons. The van der Waals surface area contributed by atoms with Crippen LogP contribution in [0.4, 0.5) is 10.7 Å². The average Bonchev–Trinajstić information content (AvgIpc) is 3.30. The monoisotopic (exact) mass is 428 g/mol. The molecule has 0 bridgehead atoms. The van der Waals surface area contributed by atoms with Gasteiger partial charge >= 0.3 is 5.97 Å². The van der Waals surface area contributed by atoms with E-state index in [0.717, 1.165) is 16.9 Å². The summed E-state index contributed by atoms with van der Waals surface area (Å²) in [5, 5.41) is 7.68. The number of hydrogen-bond acceptors (Lipinski definition) is 6. The summed E-state index contributed by atoms with van der Waals surface area (Å²) in [4.78, 5) is 38.7. The Hall–Kier alpha value is -2.97. The molecule has 1 aromatic carbocycles. The third-order valence-corrected chi connectivity index (χ3v) is 6.16. The van der Waals surface area contributed by atoms with Gasteiger partial charge in [-0.2, -0.15) is 0 Å². The molecule has 0 unspecified atom stereocenters. The highest BCUT2D eigenvalue weighted by Gasteiger charge is 2.27. The van der Waals surface area contributed by atoms with Crippen LogP contribution in [0.1, 0.15) is 47.8 Å². The van der Waals surface area contributed by atoms with E-state index >= 15 is 0 Å². The van der Waals surface area contributed by atoms with E-state index < -0.39 is 5.97 Å². The van der Waals surface area contributed by atoms with Gasteiger partial charge in [0.25, 0.3) is 11.8 Å². The molecule has 6 nitrogen and oxygen atoms in total. The normalized spacial score (nSPS) is 10.4. The lowest BCUT2D eigenvalue weighted by Gasteiger charge is -2.06. The highest BCUT2D eigenvalue weighted by atomic mass is 32.1. The fourth-order valence-corrected chi connectivity index (χ4v) is 4.45. The highest BCUT2D eigenvalue weighted by molar-refractivity contribution is 7.19. The first-order chi connectivity index (χ1) is 13.9. The van der Waals surface area contributed by atoms with E-state index in [0.29, 0.717) is 26.0 Å². The third kappa shape index (κ3) is 4.72. The summed E-state index contributed by atoms with van der Waals surface area (Å²) in [5.41, 5.74) is 2.35. The molecule has 2 aromatic heterocycles. The van der Waals surface area contributed by atoms with Crippen molar-refractivity contribution in [1.29, 1.82) is 0 Å². The zero-order chi connectivity index (χ0) is 21.0. The van der Waals surface area contributed by atoms with Gasteiger partial charge in [-0.15, -0.1) is 22.7 Å². The maximum atomic E-state index is 12.8. The predicted molar refractivity (Wildman–Crippen MR) is 116 cm³/mol. The molecule has 0 atom stereocenters. The molecule has 2 heterocycles. The maximum absolute atomic E-state index is 12.8. The molecule has 0 radical (unpaired) electrons. The first kappa shape index (κ1) is 20.8. The minimum atomic E-state index is -0.572. The minimum absolute atomic E-state index is 0.192. The fourth-order valence-electron chi connectivity index (χ4n) is 2.75. The van der Waals surface area contributed by atoms with Crippen LogP contribution in [-0.2, 0) is 4.74 Å². The Morgan fingerprint density at radius 2 is 1.83 bits per heavy atom. The lowest BCUT2D eigenvalue weighted by molar-refractivity contribution is 0.0527. The summed E-state index contributed by atoms with van der Waals surface area (Å²) < 4.78 is 5.14. The summed E-state index contributed by atoms with van der Waals surface area (Å²) in [7, 11) is 0. The highest BCUT2D eigenvalue weighted by Crippen LogP contribution is 2.35. The number of carbonyl (C=O) groups excluding carboxylic acids is 3. The van der Waals surface area contributed by atoms with Crippen molar-refractivity contribution in [2.24, 2.45) is 0 Å². The molecular formula is C21H20N2O4S2. The Bertz CT molecular complexity index is 1050. The number of rotatable bonds is 6. The topological polar surface area (TPSA) is 84.5 Å². The average molecular weight is 429 g/mol. The van der Waals surface area contributed by atoms with E-state index in [9.17, 15) is 14.4 Å². The Morgan fingerprint density at radius 1 is 1.03 bits per heavy atom. The molecule has 0 saturated carbocycles. The number of amides is 2. The summed E-state index contributed by atoms with van der Waals surface area (Å²) in [6.07, 6.45) is 0. The van der Waals surface area contributed by atoms with Gasteiger partial charge in [0.05, 0.1) is 21.9 Å². The van der Waals surface area contributed by atoms with Gasteiger partial charge in [0.2, 0.25) is 0 Å². The number of thiophene rings is 2. The van der Waals surface area contributed by atoms with Gasteiger partial charge in [-0.1, -0.05) is 18.2 Å². The molecule has 0 aliphatic rings. The molecule has 3 aromatic rings. The molecule has 0 fully saturated rings. The van der Waals surface area contributed by atoms with Crippen LogP contribution < -0.4 is 10.6 Å². The predicted octanol–water partition coefficient (Wildman–Crippen LogP) is 5.11. The second-order valence-electron chi connectivity index (χ2n) is 6.24. The van der Waals surface area contributed by atoms with Crippen LogP contribution >= 0.6 is 22.7 Å². The standard InChI is InChI=1S/C21H20N2O4S2/c1-4-27-21(26)16-13(3)17(19(25)22-14-8-5-7-12(2)11-14)29-20(16)23-18(24)15-9-6-10-28-15/h5-11H,4H2,1-3H3,(H,22,25)(H,23,24). The van der Waals surface area contributed by atoms with Crippen LogP contribution in [0, 0.1) is 13.8 Å². The molecule has 2 amide bonds. The maximum Gasteiger partial charge on any atom is 0.341 e. The third-order valence-electron chi connectivity index (χ3n) is 4.08. The second-order valence-corrected chi connectivity index (χ2v) is 8.20. The van der Waals surface area contributed by atoms with Gasteiger partial charge in [0, 0.05) is 5.69 Å². The van der Waals surface area contributed by atoms with Crippen LogP contribution in [0.25, 0.3) is 0 Å². The lowest BCUT2D eigenvalue weighted by Crippen LogP contribution is -2.14. The number of carbonyl (C=O) groups is 3. The van der Waals surface area contributed by atoms with Crippen molar-refractivity contribution in [3.63, 3.8) is 0 Å². The molecular weight excluding hydrogens is 408 g/mol. The van der Waals surface area contributed by atoms with E-state index in [-0.39, 0.29) is 24.0 Å². The van der Waals surface area contributed by atoms with Crippen molar-refractivity contribution in [2.45, 2.75) is 20.8 Å². The zero-order valence-corrected chi connectivity index (χ0v) is 17.8. The Balaban J connectivity index is 1.94. The number of aryl methyl sites for hydroxylation is 1. The van der Waals surface area contributed by atoms with Crippen LogP contribution in [0.15, 0.2) is 41.8 Å². The Morgan fingerprint density at radius 3 is 2.48 bits per heavy atom. The van der Waals surface area contributed by atoms with Crippen molar-refractivity contribution >= 4 is 51.1 Å². The van der Waals surface area contributed by atoms with Crippen molar-refractivity contribution in [2.75, 3.05) is 17.2 Å². The minimum Gasteiger partial charge on any atom is -0.462 e. The van der Waals surface area contributed by atoms with Gasteiger partial charge in [0.1, 0.15) is 5.00 Å². The molecule has 0 spiro atoms. The summed E-state index contributed by atoms with van der Waals surface area (Å²) in [5.74, 6) is -1.25. The molecule has 3 rings (SSSR count). The van der Waals surface area contributed by atoms with Crippen molar-refractivity contribution < 1.29 is 19.1 Å². The van der Waals surface area contributed by atoms with Gasteiger partial charge < -0.3 is 15.4 Å². The largest absolute Gasteiger partial charge is 0.462 e. The first-order valence-electron chi connectivity index (χ1n) is 8.94. The molecule has 0 aliphatic carbocycles. The van der Waals surface area contributed by atoms with Crippen molar-refractivity contribution in [3.05, 3.63) is 68.2 Å². The van der Waals surface area contributed by atoms with Crippen LogP contribution in [0.2, 0.25) is 0 Å². The molecule has 29 heavy (non-hydrogen) atoms. The fraction of sp³-hybridized carbons (Fsp3) is 0.190. The molecule has 2 N–H and O–H groups in total. The van der Waals surface area contributed by atoms with Crippen LogP contribution in [0.3, 0.4) is 0 Å². The van der Waals surface area contributed by atoms with Gasteiger partial charge in [-0.3, -0.25) is 9.59 Å². The SMILES string of the molecule is CCOC(=O)c1c(NC(=O)c2cccs2)sc(C(=O)Nc2cccc(C)c2)c1C. The summed E-state index contributed by atoms with van der Waals surface area (Å²) in [6, 6.07) is 10.9. The molecule has 0 saturated heterocycles. The van der Waals surface area contributed by atoms with E-state index in [4.69, 9.17) is 4.74 Å². The van der Waals surface area contributed by atoms with Crippen molar-refractivity contribution in [3.8, 4) is 0 Å². The first-order valence-corrected chi connectivity index (χ1v) is 10.6. The Kier molecular flexibility index (Phi) is 6.46. The van der Waals surface area contributed by atoms with E-state index in [1.54, 1.807) is 37.4 Å². The molecule has 0 aliphatic heterocycles.